The molecule has 0 saturated carbocycles. The summed E-state index contributed by atoms with van der Waals surface area (Å²) >= 11 is 6.09. The summed E-state index contributed by atoms with van der Waals surface area (Å²) in [6.45, 7) is 8.85. The molecule has 1 aromatic heterocycles. The molecular weight excluding hydrogens is 486 g/mol. The van der Waals surface area contributed by atoms with Gasteiger partial charge in [-0.2, -0.15) is 0 Å². The van der Waals surface area contributed by atoms with Gasteiger partial charge < -0.3 is 24.5 Å². The number of benzene rings is 1. The number of hydrogen-bond donors (Lipinski definition) is 2. The zero-order chi connectivity index (χ0) is 26.0. The number of aryl methyl sites for hydroxylation is 1. The molecule has 0 bridgehead atoms. The van der Waals surface area contributed by atoms with Crippen molar-refractivity contribution in [1.29, 1.82) is 0 Å². The summed E-state index contributed by atoms with van der Waals surface area (Å²) in [6.07, 6.45) is 0. The first-order chi connectivity index (χ1) is 17.2. The smallest absolute Gasteiger partial charge is 0.355 e. The van der Waals surface area contributed by atoms with E-state index < -0.39 is 23.7 Å². The minimum absolute atomic E-state index is 0.0232. The Morgan fingerprint density at radius 1 is 1.17 bits per heavy atom. The number of amides is 1. The van der Waals surface area contributed by atoms with Gasteiger partial charge in [0, 0.05) is 42.5 Å². The monoisotopic (exact) mass is 515 g/mol. The van der Waals surface area contributed by atoms with Gasteiger partial charge in [-0.15, -0.1) is 0 Å². The average molecular weight is 516 g/mol. The van der Waals surface area contributed by atoms with E-state index in [0.717, 1.165) is 13.1 Å². The number of carbonyl (C=O) groups excluding carboxylic acids is 3. The molecule has 2 aliphatic rings. The second kappa shape index (κ2) is 10.9. The Kier molecular flexibility index (Phi) is 7.82. The Labute approximate surface area is 214 Å². The van der Waals surface area contributed by atoms with Crippen molar-refractivity contribution in [3.63, 3.8) is 0 Å². The van der Waals surface area contributed by atoms with Crippen LogP contribution < -0.4 is 0 Å². The number of nitrogens with one attached hydrogen (secondary N) is 1. The van der Waals surface area contributed by atoms with Crippen molar-refractivity contribution >= 4 is 35.0 Å². The van der Waals surface area contributed by atoms with E-state index in [-0.39, 0.29) is 23.6 Å². The first kappa shape index (κ1) is 25.9. The first-order valence-electron chi connectivity index (χ1n) is 11.9. The van der Waals surface area contributed by atoms with E-state index in [4.69, 9.17) is 21.1 Å². The number of hydrogen-bond acceptors (Lipinski definition) is 7. The Balaban J connectivity index is 1.78. The molecule has 1 atom stereocenters. The number of Topliss-reactive ketones (excluding diaryl/α,β-unsaturated/α-hetero) is 1. The van der Waals surface area contributed by atoms with Gasteiger partial charge in [0.2, 0.25) is 0 Å². The molecule has 2 fully saturated rings. The highest BCUT2D eigenvalue weighted by molar-refractivity contribution is 6.46. The zero-order valence-electron chi connectivity index (χ0n) is 20.6. The minimum Gasteiger partial charge on any atom is -0.507 e. The fraction of sp³-hybridized carbons (Fsp3) is 0.423. The number of halogens is 1. The molecule has 36 heavy (non-hydrogen) atoms. The second-order valence-corrected chi connectivity index (χ2v) is 9.28. The highest BCUT2D eigenvalue weighted by Crippen LogP contribution is 2.41. The summed E-state index contributed by atoms with van der Waals surface area (Å²) in [4.78, 5) is 45.6. The summed E-state index contributed by atoms with van der Waals surface area (Å²) in [5.74, 6) is -2.34. The molecule has 2 saturated heterocycles. The SMILES string of the molecule is CCOC(=O)c1[nH]c(C)c(/C(O)=C2\C(=O)C(=O)N(CCN3CCOCC3)C2c2ccc(Cl)cc2)c1C. The summed E-state index contributed by atoms with van der Waals surface area (Å²) in [5, 5.41) is 12.0. The Morgan fingerprint density at radius 2 is 1.83 bits per heavy atom. The number of nitrogens with zero attached hydrogens (tertiary/aromatic N) is 2. The highest BCUT2D eigenvalue weighted by atomic mass is 35.5. The molecule has 0 radical (unpaired) electrons. The number of H-pyrrole nitrogens is 1. The lowest BCUT2D eigenvalue weighted by atomic mass is 9.94. The number of rotatable bonds is 7. The van der Waals surface area contributed by atoms with Crippen LogP contribution >= 0.6 is 11.6 Å². The number of aromatic nitrogens is 1. The number of ketones is 1. The van der Waals surface area contributed by atoms with Gasteiger partial charge >= 0.3 is 5.97 Å². The number of ether oxygens (including phenoxy) is 2. The van der Waals surface area contributed by atoms with Crippen LogP contribution in [0.4, 0.5) is 0 Å². The lowest BCUT2D eigenvalue weighted by Gasteiger charge is -2.31. The molecule has 0 aliphatic carbocycles. The van der Waals surface area contributed by atoms with Gasteiger partial charge in [-0.05, 0) is 44.0 Å². The van der Waals surface area contributed by atoms with Crippen LogP contribution in [0.5, 0.6) is 0 Å². The maximum Gasteiger partial charge on any atom is 0.355 e. The van der Waals surface area contributed by atoms with Gasteiger partial charge in [-0.25, -0.2) is 4.79 Å². The number of aromatic amines is 1. The van der Waals surface area contributed by atoms with Crippen LogP contribution in [0.1, 0.15) is 45.8 Å². The highest BCUT2D eigenvalue weighted by Gasteiger charge is 2.46. The van der Waals surface area contributed by atoms with Crippen molar-refractivity contribution < 1.29 is 29.0 Å². The van der Waals surface area contributed by atoms with E-state index in [1.54, 1.807) is 45.0 Å². The quantitative estimate of drug-likeness (QED) is 0.252. The van der Waals surface area contributed by atoms with Crippen molar-refractivity contribution in [2.24, 2.45) is 0 Å². The van der Waals surface area contributed by atoms with E-state index >= 15 is 0 Å². The van der Waals surface area contributed by atoms with E-state index in [1.807, 2.05) is 0 Å². The maximum atomic E-state index is 13.3. The van der Waals surface area contributed by atoms with E-state index in [2.05, 4.69) is 9.88 Å². The maximum absolute atomic E-state index is 13.3. The largest absolute Gasteiger partial charge is 0.507 e. The van der Waals surface area contributed by atoms with E-state index in [9.17, 15) is 19.5 Å². The Bertz CT molecular complexity index is 1200. The molecule has 192 valence electrons. The van der Waals surface area contributed by atoms with Gasteiger partial charge in [-0.1, -0.05) is 23.7 Å². The number of aliphatic hydroxyl groups is 1. The van der Waals surface area contributed by atoms with Crippen molar-refractivity contribution in [3.05, 3.63) is 62.9 Å². The zero-order valence-corrected chi connectivity index (χ0v) is 21.4. The van der Waals surface area contributed by atoms with Crippen LogP contribution in [0.15, 0.2) is 29.8 Å². The van der Waals surface area contributed by atoms with Gasteiger partial charge in [-0.3, -0.25) is 14.5 Å². The van der Waals surface area contributed by atoms with Gasteiger partial charge in [0.25, 0.3) is 11.7 Å². The predicted molar refractivity (Wildman–Crippen MR) is 134 cm³/mol. The van der Waals surface area contributed by atoms with E-state index in [0.29, 0.717) is 53.7 Å². The molecule has 1 aromatic carbocycles. The normalized spacial score (nSPS) is 20.2. The van der Waals surface area contributed by atoms with Crippen LogP contribution in [0.3, 0.4) is 0 Å². The summed E-state index contributed by atoms with van der Waals surface area (Å²) in [6, 6.07) is 6.06. The summed E-state index contributed by atoms with van der Waals surface area (Å²) < 4.78 is 10.5. The van der Waals surface area contributed by atoms with Crippen LogP contribution in [0.2, 0.25) is 5.02 Å². The Morgan fingerprint density at radius 3 is 2.47 bits per heavy atom. The van der Waals surface area contributed by atoms with Crippen molar-refractivity contribution in [2.45, 2.75) is 26.8 Å². The minimum atomic E-state index is -0.803. The molecule has 2 N–H and O–H groups in total. The lowest BCUT2D eigenvalue weighted by Crippen LogP contribution is -2.42. The van der Waals surface area contributed by atoms with Crippen LogP contribution in [0, 0.1) is 13.8 Å². The van der Waals surface area contributed by atoms with Gasteiger partial charge in [0.15, 0.2) is 0 Å². The summed E-state index contributed by atoms with van der Waals surface area (Å²) in [5.41, 5.74) is 2.06. The number of esters is 1. The molecule has 1 unspecified atom stereocenters. The number of likely N-dealkylation sites (tertiary alicyclic amines) is 1. The van der Waals surface area contributed by atoms with Gasteiger partial charge in [0.1, 0.15) is 11.5 Å². The standard InChI is InChI=1S/C26H30ClN3O6/c1-4-36-26(34)21-15(2)19(16(3)28-21)23(31)20-22(17-5-7-18(27)8-6-17)30(25(33)24(20)32)10-9-29-11-13-35-14-12-29/h5-8,22,28,31H,4,9-14H2,1-3H3/b23-20+. The molecular formula is C26H30ClN3O6. The average Bonchev–Trinajstić information content (AvgIpc) is 3.30. The number of carbonyl (C=O) groups is 3. The second-order valence-electron chi connectivity index (χ2n) is 8.84. The lowest BCUT2D eigenvalue weighted by molar-refractivity contribution is -0.140. The first-order valence-corrected chi connectivity index (χ1v) is 12.3. The molecule has 2 aromatic rings. The topological polar surface area (TPSA) is 112 Å². The third-order valence-corrected chi connectivity index (χ3v) is 6.89. The molecule has 9 nitrogen and oxygen atoms in total. The van der Waals surface area contributed by atoms with Crippen molar-refractivity contribution in [1.82, 2.24) is 14.8 Å². The van der Waals surface area contributed by atoms with E-state index in [1.165, 1.54) is 4.90 Å². The van der Waals surface area contributed by atoms with Crippen LogP contribution in [-0.4, -0.2) is 83.5 Å². The molecule has 0 spiro atoms. The third kappa shape index (κ3) is 4.91. The fourth-order valence-corrected chi connectivity index (χ4v) is 4.95. The molecule has 1 amide bonds. The van der Waals surface area contributed by atoms with Gasteiger partial charge in [0.05, 0.1) is 31.4 Å². The molecule has 4 rings (SSSR count). The molecule has 3 heterocycles. The molecule has 10 heteroatoms. The third-order valence-electron chi connectivity index (χ3n) is 6.64. The predicted octanol–water partition coefficient (Wildman–Crippen LogP) is 3.22. The van der Waals surface area contributed by atoms with Crippen molar-refractivity contribution in [2.75, 3.05) is 46.0 Å². The number of aliphatic hydroxyl groups excluding tert-OH is 1. The number of morpholine rings is 1. The van der Waals surface area contributed by atoms with Crippen LogP contribution in [-0.2, 0) is 19.1 Å². The molecule has 2 aliphatic heterocycles. The fourth-order valence-electron chi connectivity index (χ4n) is 4.82. The van der Waals surface area contributed by atoms with Crippen LogP contribution in [0.25, 0.3) is 5.76 Å². The van der Waals surface area contributed by atoms with Crippen molar-refractivity contribution in [3.8, 4) is 0 Å². The Hall–Kier alpha value is -3.14. The summed E-state index contributed by atoms with van der Waals surface area (Å²) in [7, 11) is 0.